The van der Waals surface area contributed by atoms with Crippen LogP contribution >= 0.6 is 11.6 Å². The van der Waals surface area contributed by atoms with Crippen LogP contribution in [0.5, 0.6) is 0 Å². The average Bonchev–Trinajstić information content (AvgIpc) is 2.18. The molecule has 1 unspecified atom stereocenters. The van der Waals surface area contributed by atoms with Crippen LogP contribution in [0.1, 0.15) is 52.4 Å². The van der Waals surface area contributed by atoms with Crippen molar-refractivity contribution >= 4 is 17.5 Å². The number of rotatable bonds is 4. The predicted molar refractivity (Wildman–Crippen MR) is 64.1 cm³/mol. The molecule has 2 nitrogen and oxygen atoms in total. The van der Waals surface area contributed by atoms with E-state index in [1.54, 1.807) is 0 Å². The van der Waals surface area contributed by atoms with Gasteiger partial charge in [-0.25, -0.2) is 0 Å². The molecule has 1 saturated carbocycles. The molecule has 0 aromatic carbocycles. The van der Waals surface area contributed by atoms with Crippen molar-refractivity contribution in [2.24, 2.45) is 5.41 Å². The van der Waals surface area contributed by atoms with Gasteiger partial charge in [0, 0.05) is 17.3 Å². The Hall–Kier alpha value is -0.240. The van der Waals surface area contributed by atoms with Gasteiger partial charge in [-0.1, -0.05) is 26.2 Å². The monoisotopic (exact) mass is 231 g/mol. The molecule has 1 aliphatic carbocycles. The van der Waals surface area contributed by atoms with Crippen molar-refractivity contribution in [1.29, 1.82) is 0 Å². The molecule has 0 heterocycles. The second-order valence-electron chi connectivity index (χ2n) is 4.95. The van der Waals surface area contributed by atoms with E-state index in [0.717, 1.165) is 19.3 Å². The summed E-state index contributed by atoms with van der Waals surface area (Å²) >= 11 is 5.83. The molecule has 1 atom stereocenters. The lowest BCUT2D eigenvalue weighted by Gasteiger charge is -2.32. The largest absolute Gasteiger partial charge is 0.356 e. The summed E-state index contributed by atoms with van der Waals surface area (Å²) in [5, 5.41) is 3.14. The van der Waals surface area contributed by atoms with Gasteiger partial charge in [-0.2, -0.15) is 0 Å². The number of nitrogens with one attached hydrogen (secondary N) is 1. The third kappa shape index (κ3) is 4.02. The summed E-state index contributed by atoms with van der Waals surface area (Å²) in [7, 11) is 0. The molecule has 0 bridgehead atoms. The third-order valence-electron chi connectivity index (χ3n) is 3.33. The Kier molecular flexibility index (Phi) is 4.91. The lowest BCUT2D eigenvalue weighted by Crippen LogP contribution is -2.40. The molecule has 1 N–H and O–H groups in total. The summed E-state index contributed by atoms with van der Waals surface area (Å²) in [6, 6.07) is 0. The van der Waals surface area contributed by atoms with Gasteiger partial charge >= 0.3 is 0 Å². The molecule has 3 heteroatoms. The number of halogens is 1. The third-order valence-corrected chi connectivity index (χ3v) is 3.55. The summed E-state index contributed by atoms with van der Waals surface area (Å²) in [6.45, 7) is 4.75. The fourth-order valence-corrected chi connectivity index (χ4v) is 2.27. The zero-order valence-electron chi connectivity index (χ0n) is 9.81. The van der Waals surface area contributed by atoms with Gasteiger partial charge < -0.3 is 5.32 Å². The minimum atomic E-state index is -0.117. The second kappa shape index (κ2) is 5.74. The predicted octanol–water partition coefficient (Wildman–Crippen LogP) is 3.09. The van der Waals surface area contributed by atoms with Crippen LogP contribution in [0.15, 0.2) is 0 Å². The molecule has 0 spiro atoms. The molecular formula is C12H22ClNO. The smallest absolute Gasteiger partial charge is 0.225 e. The van der Waals surface area contributed by atoms with Crippen molar-refractivity contribution in [2.45, 2.75) is 57.7 Å². The van der Waals surface area contributed by atoms with E-state index in [2.05, 4.69) is 12.2 Å². The fourth-order valence-electron chi connectivity index (χ4n) is 2.16. The molecular weight excluding hydrogens is 210 g/mol. The Morgan fingerprint density at radius 1 is 1.40 bits per heavy atom. The van der Waals surface area contributed by atoms with E-state index in [9.17, 15) is 4.79 Å². The maximum Gasteiger partial charge on any atom is 0.225 e. The Balaban J connectivity index is 2.31. The Morgan fingerprint density at radius 3 is 2.53 bits per heavy atom. The van der Waals surface area contributed by atoms with Crippen molar-refractivity contribution < 1.29 is 4.79 Å². The highest BCUT2D eigenvalue weighted by Crippen LogP contribution is 2.35. The highest BCUT2D eigenvalue weighted by atomic mass is 35.5. The van der Waals surface area contributed by atoms with Crippen LogP contribution in [-0.2, 0) is 4.79 Å². The van der Waals surface area contributed by atoms with Gasteiger partial charge in [0.1, 0.15) is 0 Å². The number of amides is 1. The van der Waals surface area contributed by atoms with Crippen LogP contribution in [0.4, 0.5) is 0 Å². The zero-order chi connectivity index (χ0) is 11.3. The van der Waals surface area contributed by atoms with E-state index >= 15 is 0 Å². The normalized spacial score (nSPS) is 22.1. The molecule has 88 valence electrons. The molecule has 0 radical (unpaired) electrons. The standard InChI is InChI=1S/C12H22ClNO/c1-10(13)6-9-14-11(15)12(2)7-4-3-5-8-12/h10H,3-9H2,1-2H3,(H,14,15). The Labute approximate surface area is 97.8 Å². The van der Waals surface area contributed by atoms with E-state index in [0.29, 0.717) is 6.54 Å². The summed E-state index contributed by atoms with van der Waals surface area (Å²) < 4.78 is 0. The minimum Gasteiger partial charge on any atom is -0.356 e. The van der Waals surface area contributed by atoms with Gasteiger partial charge in [0.15, 0.2) is 0 Å². The van der Waals surface area contributed by atoms with Gasteiger partial charge in [-0.15, -0.1) is 11.6 Å². The molecule has 1 rings (SSSR count). The molecule has 1 amide bonds. The molecule has 1 aliphatic rings. The lowest BCUT2D eigenvalue weighted by atomic mass is 9.75. The second-order valence-corrected chi connectivity index (χ2v) is 5.69. The first kappa shape index (κ1) is 12.8. The number of carbonyl (C=O) groups excluding carboxylic acids is 1. The van der Waals surface area contributed by atoms with E-state index in [-0.39, 0.29) is 16.7 Å². The van der Waals surface area contributed by atoms with E-state index in [4.69, 9.17) is 11.6 Å². The molecule has 1 fully saturated rings. The van der Waals surface area contributed by atoms with E-state index < -0.39 is 0 Å². The van der Waals surface area contributed by atoms with Crippen LogP contribution in [0.3, 0.4) is 0 Å². The van der Waals surface area contributed by atoms with E-state index in [1.807, 2.05) is 6.92 Å². The fraction of sp³-hybridized carbons (Fsp3) is 0.917. The quantitative estimate of drug-likeness (QED) is 0.741. The molecule has 15 heavy (non-hydrogen) atoms. The van der Waals surface area contributed by atoms with Crippen molar-refractivity contribution in [1.82, 2.24) is 5.32 Å². The van der Waals surface area contributed by atoms with Crippen LogP contribution in [-0.4, -0.2) is 17.8 Å². The van der Waals surface area contributed by atoms with Crippen molar-refractivity contribution in [3.63, 3.8) is 0 Å². The highest BCUT2D eigenvalue weighted by molar-refractivity contribution is 6.20. The minimum absolute atomic E-state index is 0.117. The van der Waals surface area contributed by atoms with Crippen LogP contribution in [0.25, 0.3) is 0 Å². The zero-order valence-corrected chi connectivity index (χ0v) is 10.6. The summed E-state index contributed by atoms with van der Waals surface area (Å²) in [6.07, 6.45) is 6.58. The first-order chi connectivity index (χ1) is 7.04. The molecule has 0 aromatic heterocycles. The first-order valence-electron chi connectivity index (χ1n) is 5.97. The SMILES string of the molecule is CC(Cl)CCNC(=O)C1(C)CCCCC1. The lowest BCUT2D eigenvalue weighted by molar-refractivity contribution is -0.131. The Morgan fingerprint density at radius 2 is 2.00 bits per heavy atom. The van der Waals surface area contributed by atoms with Crippen LogP contribution < -0.4 is 5.32 Å². The highest BCUT2D eigenvalue weighted by Gasteiger charge is 2.33. The molecule has 0 aromatic rings. The van der Waals surface area contributed by atoms with Gasteiger partial charge in [-0.3, -0.25) is 4.79 Å². The van der Waals surface area contributed by atoms with Crippen molar-refractivity contribution in [3.05, 3.63) is 0 Å². The summed E-state index contributed by atoms with van der Waals surface area (Å²) in [4.78, 5) is 11.9. The van der Waals surface area contributed by atoms with Gasteiger partial charge in [0.2, 0.25) is 5.91 Å². The molecule has 0 saturated heterocycles. The number of hydrogen-bond donors (Lipinski definition) is 1. The van der Waals surface area contributed by atoms with Crippen LogP contribution in [0.2, 0.25) is 0 Å². The number of carbonyl (C=O) groups is 1. The first-order valence-corrected chi connectivity index (χ1v) is 6.41. The van der Waals surface area contributed by atoms with Gasteiger partial charge in [-0.05, 0) is 26.2 Å². The van der Waals surface area contributed by atoms with Crippen LogP contribution in [0, 0.1) is 5.41 Å². The van der Waals surface area contributed by atoms with Crippen molar-refractivity contribution in [3.8, 4) is 0 Å². The van der Waals surface area contributed by atoms with Crippen molar-refractivity contribution in [2.75, 3.05) is 6.54 Å². The Bertz CT molecular complexity index is 210. The number of alkyl halides is 1. The average molecular weight is 232 g/mol. The maximum absolute atomic E-state index is 11.9. The summed E-state index contributed by atoms with van der Waals surface area (Å²) in [5.41, 5.74) is -0.117. The summed E-state index contributed by atoms with van der Waals surface area (Å²) in [5.74, 6) is 0.222. The number of hydrogen-bond acceptors (Lipinski definition) is 1. The molecule has 0 aliphatic heterocycles. The maximum atomic E-state index is 11.9. The van der Waals surface area contributed by atoms with Gasteiger partial charge in [0.25, 0.3) is 0 Å². The topological polar surface area (TPSA) is 29.1 Å². The van der Waals surface area contributed by atoms with E-state index in [1.165, 1.54) is 19.3 Å². The van der Waals surface area contributed by atoms with Gasteiger partial charge in [0.05, 0.1) is 0 Å².